The second kappa shape index (κ2) is 4.27. The molecule has 0 unspecified atom stereocenters. The van der Waals surface area contributed by atoms with Gasteiger partial charge in [-0.2, -0.15) is 0 Å². The molecule has 0 fully saturated rings. The normalized spacial score (nSPS) is 11.8. The molecule has 0 atom stereocenters. The molecule has 0 aliphatic rings. The maximum absolute atomic E-state index is 13.5. The van der Waals surface area contributed by atoms with Crippen molar-refractivity contribution < 1.29 is 4.39 Å². The Morgan fingerprint density at radius 1 is 1.41 bits per heavy atom. The minimum atomic E-state index is -0.416. The molecule has 0 bridgehead atoms. The molecule has 5 heteroatoms. The lowest BCUT2D eigenvalue weighted by Crippen LogP contribution is -2.19. The van der Waals surface area contributed by atoms with E-state index in [2.05, 4.69) is 4.98 Å². The summed E-state index contributed by atoms with van der Waals surface area (Å²) in [6.07, 6.45) is 0. The van der Waals surface area contributed by atoms with Crippen LogP contribution in [0.5, 0.6) is 0 Å². The summed E-state index contributed by atoms with van der Waals surface area (Å²) in [6, 6.07) is 4.81. The molecule has 0 radical (unpaired) electrons. The van der Waals surface area contributed by atoms with E-state index >= 15 is 0 Å². The van der Waals surface area contributed by atoms with Gasteiger partial charge in [-0.1, -0.05) is 31.5 Å². The molecule has 2 nitrogen and oxygen atoms in total. The average Bonchev–Trinajstić information content (AvgIpc) is 2.69. The number of hydrogen-bond acceptors (Lipinski definition) is 3. The number of rotatable bonds is 2. The second-order valence-electron chi connectivity index (χ2n) is 4.32. The maximum Gasteiger partial charge on any atom is 0.180 e. The zero-order valence-electron chi connectivity index (χ0n) is 9.50. The molecule has 0 spiro atoms. The molecule has 90 valence electrons. The molecule has 0 aliphatic carbocycles. The van der Waals surface area contributed by atoms with Gasteiger partial charge in [0.05, 0.1) is 10.7 Å². The van der Waals surface area contributed by atoms with Crippen LogP contribution < -0.4 is 5.73 Å². The van der Waals surface area contributed by atoms with E-state index in [0.717, 1.165) is 11.3 Å². The first kappa shape index (κ1) is 12.3. The predicted octanol–water partition coefficient (Wildman–Crippen LogP) is 3.84. The molecule has 2 aromatic rings. The Morgan fingerprint density at radius 2 is 2.12 bits per heavy atom. The molecule has 1 aromatic carbocycles. The van der Waals surface area contributed by atoms with Gasteiger partial charge < -0.3 is 5.73 Å². The predicted molar refractivity (Wildman–Crippen MR) is 70.1 cm³/mol. The summed E-state index contributed by atoms with van der Waals surface area (Å²) >= 11 is 7.05. The van der Waals surface area contributed by atoms with Gasteiger partial charge in [-0.15, -0.1) is 11.3 Å². The van der Waals surface area contributed by atoms with E-state index in [0.29, 0.717) is 5.13 Å². The van der Waals surface area contributed by atoms with Gasteiger partial charge in [-0.05, 0) is 17.7 Å². The zero-order chi connectivity index (χ0) is 12.6. The fourth-order valence-corrected chi connectivity index (χ4v) is 2.46. The number of nitrogens with two attached hydrogens (primary N) is 1. The number of aromatic nitrogens is 1. The van der Waals surface area contributed by atoms with Gasteiger partial charge in [0.15, 0.2) is 5.13 Å². The van der Waals surface area contributed by atoms with Crippen LogP contribution in [0, 0.1) is 5.82 Å². The number of hydrogen-bond donors (Lipinski definition) is 1. The highest BCUT2D eigenvalue weighted by Crippen LogP contribution is 2.34. The Balaban J connectivity index is 2.47. The third-order valence-corrected chi connectivity index (χ3v) is 3.78. The lowest BCUT2D eigenvalue weighted by Gasteiger charge is -2.23. The van der Waals surface area contributed by atoms with Crippen molar-refractivity contribution in [3.63, 3.8) is 0 Å². The van der Waals surface area contributed by atoms with Crippen LogP contribution in [-0.4, -0.2) is 4.98 Å². The highest BCUT2D eigenvalue weighted by molar-refractivity contribution is 7.13. The summed E-state index contributed by atoms with van der Waals surface area (Å²) in [5, 5.41) is 2.53. The standard InChI is InChI=1S/C12H12ClFN2S/c1-12(2,10-6-17-11(15)16-10)7-3-4-8(13)9(14)5-7/h3-6H,1-2H3,(H2,15,16). The zero-order valence-corrected chi connectivity index (χ0v) is 11.1. The maximum atomic E-state index is 13.5. The van der Waals surface area contributed by atoms with E-state index in [4.69, 9.17) is 17.3 Å². The van der Waals surface area contributed by atoms with E-state index in [1.54, 1.807) is 12.1 Å². The topological polar surface area (TPSA) is 38.9 Å². The van der Waals surface area contributed by atoms with Crippen LogP contribution in [0.4, 0.5) is 9.52 Å². The van der Waals surface area contributed by atoms with Gasteiger partial charge >= 0.3 is 0 Å². The molecule has 2 rings (SSSR count). The van der Waals surface area contributed by atoms with Crippen molar-refractivity contribution in [3.8, 4) is 0 Å². The first-order valence-electron chi connectivity index (χ1n) is 5.08. The molecular formula is C12H12ClFN2S. The van der Waals surface area contributed by atoms with Crippen LogP contribution in [0.2, 0.25) is 5.02 Å². The summed E-state index contributed by atoms with van der Waals surface area (Å²) < 4.78 is 13.5. The van der Waals surface area contributed by atoms with E-state index in [1.807, 2.05) is 19.2 Å². The first-order valence-corrected chi connectivity index (χ1v) is 6.34. The number of benzene rings is 1. The van der Waals surface area contributed by atoms with Crippen molar-refractivity contribution in [1.29, 1.82) is 0 Å². The molecule has 0 saturated heterocycles. The Bertz CT molecular complexity index is 551. The lowest BCUT2D eigenvalue weighted by atomic mass is 9.82. The first-order chi connectivity index (χ1) is 7.91. The summed E-state index contributed by atoms with van der Waals surface area (Å²) in [5.74, 6) is -0.416. The summed E-state index contributed by atoms with van der Waals surface area (Å²) in [5.41, 5.74) is 6.89. The van der Waals surface area contributed by atoms with Crippen LogP contribution in [-0.2, 0) is 5.41 Å². The molecule has 1 aromatic heterocycles. The summed E-state index contributed by atoms with van der Waals surface area (Å²) in [7, 11) is 0. The lowest BCUT2D eigenvalue weighted by molar-refractivity contribution is 0.593. The molecular weight excluding hydrogens is 259 g/mol. The Hall–Kier alpha value is -1.13. The molecule has 17 heavy (non-hydrogen) atoms. The Kier molecular flexibility index (Phi) is 3.10. The van der Waals surface area contributed by atoms with Crippen LogP contribution in [0.25, 0.3) is 0 Å². The van der Waals surface area contributed by atoms with Gasteiger partial charge in [0.2, 0.25) is 0 Å². The smallest absolute Gasteiger partial charge is 0.180 e. The van der Waals surface area contributed by atoms with Gasteiger partial charge in [-0.3, -0.25) is 0 Å². The third-order valence-electron chi connectivity index (χ3n) is 2.80. The van der Waals surface area contributed by atoms with Gasteiger partial charge in [0.25, 0.3) is 0 Å². The van der Waals surface area contributed by atoms with Crippen LogP contribution >= 0.6 is 22.9 Å². The Morgan fingerprint density at radius 3 is 2.65 bits per heavy atom. The molecule has 1 heterocycles. The van der Waals surface area contributed by atoms with Crippen molar-refractivity contribution in [1.82, 2.24) is 4.98 Å². The van der Waals surface area contributed by atoms with Crippen molar-refractivity contribution >= 4 is 28.1 Å². The minimum Gasteiger partial charge on any atom is -0.375 e. The van der Waals surface area contributed by atoms with Crippen LogP contribution in [0.1, 0.15) is 25.1 Å². The van der Waals surface area contributed by atoms with E-state index in [-0.39, 0.29) is 10.4 Å². The molecule has 0 saturated carbocycles. The number of anilines is 1. The Labute approximate surface area is 108 Å². The van der Waals surface area contributed by atoms with Gasteiger partial charge in [0.1, 0.15) is 5.82 Å². The van der Waals surface area contributed by atoms with Crippen molar-refractivity contribution in [2.24, 2.45) is 0 Å². The average molecular weight is 271 g/mol. The van der Waals surface area contributed by atoms with Crippen molar-refractivity contribution in [3.05, 3.63) is 45.7 Å². The van der Waals surface area contributed by atoms with Crippen molar-refractivity contribution in [2.45, 2.75) is 19.3 Å². The highest BCUT2D eigenvalue weighted by Gasteiger charge is 2.26. The summed E-state index contributed by atoms with van der Waals surface area (Å²) in [4.78, 5) is 4.25. The molecule has 0 amide bonds. The third kappa shape index (κ3) is 2.28. The van der Waals surface area contributed by atoms with E-state index in [9.17, 15) is 4.39 Å². The number of nitrogens with zero attached hydrogens (tertiary/aromatic N) is 1. The van der Waals surface area contributed by atoms with E-state index in [1.165, 1.54) is 17.4 Å². The van der Waals surface area contributed by atoms with Crippen LogP contribution in [0.15, 0.2) is 23.6 Å². The van der Waals surface area contributed by atoms with Gasteiger partial charge in [0, 0.05) is 10.8 Å². The largest absolute Gasteiger partial charge is 0.375 e. The fourth-order valence-electron chi connectivity index (χ4n) is 1.61. The highest BCUT2D eigenvalue weighted by atomic mass is 35.5. The minimum absolute atomic E-state index is 0.127. The van der Waals surface area contributed by atoms with Crippen LogP contribution in [0.3, 0.4) is 0 Å². The van der Waals surface area contributed by atoms with Crippen molar-refractivity contribution in [2.75, 3.05) is 5.73 Å². The fraction of sp³-hybridized carbons (Fsp3) is 0.250. The molecule has 0 aliphatic heterocycles. The molecule has 2 N–H and O–H groups in total. The monoisotopic (exact) mass is 270 g/mol. The van der Waals surface area contributed by atoms with Gasteiger partial charge in [-0.25, -0.2) is 9.37 Å². The van der Waals surface area contributed by atoms with E-state index < -0.39 is 5.82 Å². The number of thiazole rings is 1. The number of nitrogen functional groups attached to an aromatic ring is 1. The quantitative estimate of drug-likeness (QED) is 0.900. The number of halogens is 2. The second-order valence-corrected chi connectivity index (χ2v) is 5.62. The SMILES string of the molecule is CC(C)(c1ccc(Cl)c(F)c1)c1csc(N)n1. The summed E-state index contributed by atoms with van der Waals surface area (Å²) in [6.45, 7) is 3.95.